The minimum Gasteiger partial charge on any atom is -0.497 e. The Hall–Kier alpha value is -2.82. The molecule has 0 radical (unpaired) electrons. The van der Waals surface area contributed by atoms with Crippen molar-refractivity contribution in [1.29, 1.82) is 0 Å². The lowest BCUT2D eigenvalue weighted by Gasteiger charge is -2.05. The quantitative estimate of drug-likeness (QED) is 0.514. The topological polar surface area (TPSA) is 76.7 Å². The number of hydrogen-bond acceptors (Lipinski definition) is 4. The number of nitrogen functional groups attached to an aromatic ring is 1. The number of carbonyl (C=O) groups is 1. The first kappa shape index (κ1) is 14.6. The van der Waals surface area contributed by atoms with Crippen molar-refractivity contribution in [1.82, 2.24) is 5.43 Å². The van der Waals surface area contributed by atoms with Gasteiger partial charge in [-0.15, -0.1) is 0 Å². The van der Waals surface area contributed by atoms with Crippen LogP contribution in [0.15, 0.2) is 53.6 Å². The van der Waals surface area contributed by atoms with Gasteiger partial charge in [-0.05, 0) is 42.8 Å². The molecule has 0 saturated carbocycles. The van der Waals surface area contributed by atoms with Gasteiger partial charge in [0.2, 0.25) is 0 Å². The van der Waals surface area contributed by atoms with Crippen LogP contribution >= 0.6 is 0 Å². The van der Waals surface area contributed by atoms with Crippen LogP contribution in [0.1, 0.15) is 22.8 Å². The van der Waals surface area contributed by atoms with Crippen LogP contribution in [0.3, 0.4) is 0 Å². The zero-order chi connectivity index (χ0) is 15.2. The largest absolute Gasteiger partial charge is 0.497 e. The van der Waals surface area contributed by atoms with Crippen LogP contribution in [-0.2, 0) is 0 Å². The molecule has 0 aliphatic heterocycles. The molecule has 3 N–H and O–H groups in total. The molecule has 5 heteroatoms. The highest BCUT2D eigenvalue weighted by atomic mass is 16.5. The van der Waals surface area contributed by atoms with E-state index in [1.165, 1.54) is 0 Å². The van der Waals surface area contributed by atoms with Crippen molar-refractivity contribution in [3.05, 3.63) is 59.7 Å². The van der Waals surface area contributed by atoms with Crippen molar-refractivity contribution >= 4 is 17.3 Å². The maximum atomic E-state index is 12.0. The van der Waals surface area contributed by atoms with Crippen molar-refractivity contribution in [3.63, 3.8) is 0 Å². The highest BCUT2D eigenvalue weighted by Crippen LogP contribution is 2.12. The molecule has 0 aromatic heterocycles. The van der Waals surface area contributed by atoms with E-state index >= 15 is 0 Å². The summed E-state index contributed by atoms with van der Waals surface area (Å²) in [5, 5.41) is 4.09. The number of nitrogens with two attached hydrogens (primary N) is 1. The molecule has 0 atom stereocenters. The van der Waals surface area contributed by atoms with E-state index in [1.807, 2.05) is 19.1 Å². The summed E-state index contributed by atoms with van der Waals surface area (Å²) in [5.41, 5.74) is 10.9. The first-order chi connectivity index (χ1) is 10.1. The molecule has 0 aliphatic rings. The molecule has 21 heavy (non-hydrogen) atoms. The third-order valence-electron chi connectivity index (χ3n) is 2.99. The number of ether oxygens (including phenoxy) is 1. The second kappa shape index (κ2) is 6.56. The maximum absolute atomic E-state index is 12.0. The van der Waals surface area contributed by atoms with Crippen molar-refractivity contribution in [2.24, 2.45) is 5.10 Å². The van der Waals surface area contributed by atoms with E-state index in [-0.39, 0.29) is 5.91 Å². The number of hydrogen-bond donors (Lipinski definition) is 2. The van der Waals surface area contributed by atoms with E-state index in [0.29, 0.717) is 22.7 Å². The average Bonchev–Trinajstić information content (AvgIpc) is 2.53. The van der Waals surface area contributed by atoms with E-state index in [9.17, 15) is 4.79 Å². The normalized spacial score (nSPS) is 11.0. The number of anilines is 1. The molecule has 0 spiro atoms. The molecule has 2 aromatic carbocycles. The molecule has 2 rings (SSSR count). The number of rotatable bonds is 4. The van der Waals surface area contributed by atoms with Crippen LogP contribution in [0.2, 0.25) is 0 Å². The van der Waals surface area contributed by atoms with E-state index in [1.54, 1.807) is 43.5 Å². The highest BCUT2D eigenvalue weighted by Gasteiger charge is 2.06. The first-order valence-electron chi connectivity index (χ1n) is 6.45. The van der Waals surface area contributed by atoms with Gasteiger partial charge in [0.1, 0.15) is 5.75 Å². The van der Waals surface area contributed by atoms with Crippen molar-refractivity contribution in [3.8, 4) is 5.75 Å². The Balaban J connectivity index is 2.08. The van der Waals surface area contributed by atoms with E-state index in [2.05, 4.69) is 10.5 Å². The van der Waals surface area contributed by atoms with Crippen LogP contribution in [0.4, 0.5) is 5.69 Å². The highest BCUT2D eigenvalue weighted by molar-refractivity contribution is 6.01. The second-order valence-electron chi connectivity index (χ2n) is 4.49. The molecular formula is C16H17N3O2. The second-order valence-corrected chi connectivity index (χ2v) is 4.49. The predicted octanol–water partition coefficient (Wildman–Crippen LogP) is 2.43. The van der Waals surface area contributed by atoms with E-state index in [0.717, 1.165) is 5.56 Å². The maximum Gasteiger partial charge on any atom is 0.271 e. The molecular weight excluding hydrogens is 266 g/mol. The SMILES string of the molecule is COc1cccc(C(=O)NN=C(C)c2ccc(N)cc2)c1. The summed E-state index contributed by atoms with van der Waals surface area (Å²) in [6, 6.07) is 14.2. The van der Waals surface area contributed by atoms with Crippen molar-refractivity contribution in [2.45, 2.75) is 6.92 Å². The Morgan fingerprint density at radius 1 is 1.14 bits per heavy atom. The molecule has 108 valence electrons. The lowest BCUT2D eigenvalue weighted by Crippen LogP contribution is -2.19. The summed E-state index contributed by atoms with van der Waals surface area (Å²) >= 11 is 0. The fourth-order valence-electron chi connectivity index (χ4n) is 1.75. The Bertz CT molecular complexity index is 663. The summed E-state index contributed by atoms with van der Waals surface area (Å²) in [4.78, 5) is 12.0. The smallest absolute Gasteiger partial charge is 0.271 e. The average molecular weight is 283 g/mol. The third kappa shape index (κ3) is 3.82. The standard InChI is InChI=1S/C16H17N3O2/c1-11(12-6-8-14(17)9-7-12)18-19-16(20)13-4-3-5-15(10-13)21-2/h3-10H,17H2,1-2H3,(H,19,20). The van der Waals surface area contributed by atoms with Crippen LogP contribution in [0.25, 0.3) is 0 Å². The van der Waals surface area contributed by atoms with E-state index in [4.69, 9.17) is 10.5 Å². The summed E-state index contributed by atoms with van der Waals surface area (Å²) < 4.78 is 5.08. The van der Waals surface area contributed by atoms with Gasteiger partial charge in [-0.1, -0.05) is 18.2 Å². The molecule has 0 aliphatic carbocycles. The van der Waals surface area contributed by atoms with Gasteiger partial charge in [-0.3, -0.25) is 4.79 Å². The molecule has 0 fully saturated rings. The molecule has 2 aromatic rings. The fourth-order valence-corrected chi connectivity index (χ4v) is 1.75. The van der Waals surface area contributed by atoms with Gasteiger partial charge in [0.25, 0.3) is 5.91 Å². The Morgan fingerprint density at radius 3 is 2.52 bits per heavy atom. The zero-order valence-electron chi connectivity index (χ0n) is 12.0. The molecule has 5 nitrogen and oxygen atoms in total. The van der Waals surface area contributed by atoms with Gasteiger partial charge in [-0.2, -0.15) is 5.10 Å². The number of nitrogens with one attached hydrogen (secondary N) is 1. The fraction of sp³-hybridized carbons (Fsp3) is 0.125. The van der Waals surface area contributed by atoms with Gasteiger partial charge in [0, 0.05) is 11.3 Å². The van der Waals surface area contributed by atoms with Gasteiger partial charge in [-0.25, -0.2) is 5.43 Å². The molecule has 0 saturated heterocycles. The van der Waals surface area contributed by atoms with Crippen LogP contribution < -0.4 is 15.9 Å². The van der Waals surface area contributed by atoms with Crippen LogP contribution in [0, 0.1) is 0 Å². The Labute approximate surface area is 123 Å². The van der Waals surface area contributed by atoms with Crippen molar-refractivity contribution < 1.29 is 9.53 Å². The lowest BCUT2D eigenvalue weighted by molar-refractivity contribution is 0.0954. The van der Waals surface area contributed by atoms with Gasteiger partial charge < -0.3 is 10.5 Å². The lowest BCUT2D eigenvalue weighted by atomic mass is 10.1. The Morgan fingerprint density at radius 2 is 1.86 bits per heavy atom. The summed E-state index contributed by atoms with van der Waals surface area (Å²) in [6.07, 6.45) is 0. The number of methoxy groups -OCH3 is 1. The number of nitrogens with zero attached hydrogens (tertiary/aromatic N) is 1. The van der Waals surface area contributed by atoms with Gasteiger partial charge in [0.15, 0.2) is 0 Å². The Kier molecular flexibility index (Phi) is 4.56. The molecule has 1 amide bonds. The minimum absolute atomic E-state index is 0.288. The number of amides is 1. The third-order valence-corrected chi connectivity index (χ3v) is 2.99. The molecule has 0 heterocycles. The summed E-state index contributed by atoms with van der Waals surface area (Å²) in [5.74, 6) is 0.339. The molecule has 0 unspecified atom stereocenters. The number of hydrazone groups is 1. The van der Waals surface area contributed by atoms with E-state index < -0.39 is 0 Å². The summed E-state index contributed by atoms with van der Waals surface area (Å²) in [7, 11) is 1.56. The predicted molar refractivity (Wildman–Crippen MR) is 83.5 cm³/mol. The minimum atomic E-state index is -0.288. The molecule has 0 bridgehead atoms. The zero-order valence-corrected chi connectivity index (χ0v) is 12.0. The number of carbonyl (C=O) groups excluding carboxylic acids is 1. The summed E-state index contributed by atoms with van der Waals surface area (Å²) in [6.45, 7) is 1.82. The van der Waals surface area contributed by atoms with Crippen LogP contribution in [0.5, 0.6) is 5.75 Å². The van der Waals surface area contributed by atoms with Crippen LogP contribution in [-0.4, -0.2) is 18.7 Å². The van der Waals surface area contributed by atoms with Gasteiger partial charge in [0.05, 0.1) is 12.8 Å². The number of benzene rings is 2. The first-order valence-corrected chi connectivity index (χ1v) is 6.45. The van der Waals surface area contributed by atoms with Gasteiger partial charge >= 0.3 is 0 Å². The monoisotopic (exact) mass is 283 g/mol. The van der Waals surface area contributed by atoms with Crippen molar-refractivity contribution in [2.75, 3.05) is 12.8 Å².